The Morgan fingerprint density at radius 2 is 2.04 bits per heavy atom. The number of anilines is 1. The Morgan fingerprint density at radius 3 is 2.82 bits per heavy atom. The Morgan fingerprint density at radius 1 is 1.21 bits per heavy atom. The van der Waals surface area contributed by atoms with Gasteiger partial charge in [-0.2, -0.15) is 4.31 Å². The lowest BCUT2D eigenvalue weighted by Crippen LogP contribution is -2.41. The minimum absolute atomic E-state index is 0.0159. The number of sulfonamides is 1. The number of nitrogens with one attached hydrogen (secondary N) is 1. The molecule has 1 N–H and O–H groups in total. The summed E-state index contributed by atoms with van der Waals surface area (Å²) in [5, 5.41) is 3.43. The lowest BCUT2D eigenvalue weighted by atomic mass is 10.0. The van der Waals surface area contributed by atoms with Crippen molar-refractivity contribution < 1.29 is 13.2 Å². The Kier molecular flexibility index (Phi) is 5.53. The monoisotopic (exact) mass is 419 g/mol. The molecule has 8 heteroatoms. The molecule has 150 valence electrons. The third kappa shape index (κ3) is 3.86. The van der Waals surface area contributed by atoms with Gasteiger partial charge in [0.15, 0.2) is 5.13 Å². The fourth-order valence-corrected chi connectivity index (χ4v) is 6.73. The van der Waals surface area contributed by atoms with Crippen LogP contribution in [0.15, 0.2) is 29.2 Å². The molecule has 1 aliphatic heterocycles. The number of hydrogen-bond donors (Lipinski definition) is 1. The summed E-state index contributed by atoms with van der Waals surface area (Å²) in [6.07, 6.45) is 7.07. The molecule has 2 heterocycles. The number of aromatic nitrogens is 1. The van der Waals surface area contributed by atoms with E-state index in [1.165, 1.54) is 22.3 Å². The van der Waals surface area contributed by atoms with E-state index in [1.807, 2.05) is 6.92 Å². The fourth-order valence-electron chi connectivity index (χ4n) is 3.94. The standard InChI is InChI=1S/C20H25N3O3S2/c1-14-7-4-5-12-23(14)28(25,26)16-9-6-8-15(13-16)19(24)22-20-21-17-10-2-3-11-18(17)27-20/h6,8-9,13-14H,2-5,7,10-12H2,1H3,(H,21,22,24)/t14-/m0/s1. The molecule has 1 amide bonds. The number of benzene rings is 1. The topological polar surface area (TPSA) is 79.4 Å². The summed E-state index contributed by atoms with van der Waals surface area (Å²) < 4.78 is 27.7. The Balaban J connectivity index is 1.54. The van der Waals surface area contributed by atoms with Crippen molar-refractivity contribution in [1.29, 1.82) is 0 Å². The molecule has 1 aliphatic carbocycles. The molecule has 28 heavy (non-hydrogen) atoms. The molecular formula is C20H25N3O3S2. The molecule has 0 unspecified atom stereocenters. The van der Waals surface area contributed by atoms with Crippen LogP contribution in [-0.4, -0.2) is 36.2 Å². The highest BCUT2D eigenvalue weighted by Crippen LogP contribution is 2.30. The van der Waals surface area contributed by atoms with E-state index in [-0.39, 0.29) is 16.8 Å². The lowest BCUT2D eigenvalue weighted by Gasteiger charge is -2.32. The summed E-state index contributed by atoms with van der Waals surface area (Å²) in [6, 6.07) is 6.29. The second-order valence-electron chi connectivity index (χ2n) is 7.54. The number of hydrogen-bond acceptors (Lipinski definition) is 5. The SMILES string of the molecule is C[C@H]1CCCCN1S(=O)(=O)c1cccc(C(=O)Nc2nc3c(s2)CCCC3)c1. The fraction of sp³-hybridized carbons (Fsp3) is 0.500. The van der Waals surface area contributed by atoms with Crippen molar-refractivity contribution in [2.75, 3.05) is 11.9 Å². The third-order valence-corrected chi connectivity index (χ3v) is 8.59. The van der Waals surface area contributed by atoms with E-state index in [9.17, 15) is 13.2 Å². The molecule has 2 aromatic rings. The summed E-state index contributed by atoms with van der Waals surface area (Å²) in [7, 11) is -3.60. The van der Waals surface area contributed by atoms with Crippen molar-refractivity contribution in [3.63, 3.8) is 0 Å². The van der Waals surface area contributed by atoms with Crippen LogP contribution in [0.4, 0.5) is 5.13 Å². The van der Waals surface area contributed by atoms with E-state index >= 15 is 0 Å². The van der Waals surface area contributed by atoms with E-state index in [0.29, 0.717) is 17.2 Å². The normalized spacial score (nSPS) is 20.5. The van der Waals surface area contributed by atoms with Crippen LogP contribution >= 0.6 is 11.3 Å². The number of carbonyl (C=O) groups is 1. The second-order valence-corrected chi connectivity index (χ2v) is 10.5. The first kappa shape index (κ1) is 19.5. The van der Waals surface area contributed by atoms with E-state index in [4.69, 9.17) is 0 Å². The number of thiazole rings is 1. The van der Waals surface area contributed by atoms with Crippen LogP contribution in [0.3, 0.4) is 0 Å². The maximum Gasteiger partial charge on any atom is 0.257 e. The van der Waals surface area contributed by atoms with Gasteiger partial charge >= 0.3 is 0 Å². The van der Waals surface area contributed by atoms with Gasteiger partial charge in [-0.25, -0.2) is 13.4 Å². The van der Waals surface area contributed by atoms with Crippen LogP contribution in [0.25, 0.3) is 0 Å². The number of amides is 1. The number of rotatable bonds is 4. The molecule has 1 aromatic heterocycles. The average Bonchev–Trinajstić information content (AvgIpc) is 3.10. The predicted octanol–water partition coefficient (Wildman–Crippen LogP) is 3.84. The first-order chi connectivity index (χ1) is 13.4. The van der Waals surface area contributed by atoms with Crippen molar-refractivity contribution in [2.45, 2.75) is 62.8 Å². The Bertz CT molecular complexity index is 961. The molecule has 0 radical (unpaired) electrons. The third-order valence-electron chi connectivity index (χ3n) is 5.51. The zero-order valence-electron chi connectivity index (χ0n) is 16.0. The highest BCUT2D eigenvalue weighted by molar-refractivity contribution is 7.89. The van der Waals surface area contributed by atoms with Crippen LogP contribution in [0.1, 0.15) is 60.0 Å². The zero-order valence-corrected chi connectivity index (χ0v) is 17.6. The minimum atomic E-state index is -3.60. The van der Waals surface area contributed by atoms with Crippen LogP contribution in [0.2, 0.25) is 0 Å². The van der Waals surface area contributed by atoms with Crippen LogP contribution < -0.4 is 5.32 Å². The quantitative estimate of drug-likeness (QED) is 0.817. The van der Waals surface area contributed by atoms with Gasteiger partial charge in [0.25, 0.3) is 5.91 Å². The van der Waals surface area contributed by atoms with Crippen LogP contribution in [0, 0.1) is 0 Å². The van der Waals surface area contributed by atoms with Gasteiger partial charge in [-0.1, -0.05) is 12.5 Å². The molecule has 6 nitrogen and oxygen atoms in total. The maximum absolute atomic E-state index is 13.0. The largest absolute Gasteiger partial charge is 0.298 e. The van der Waals surface area contributed by atoms with Gasteiger partial charge in [0.2, 0.25) is 10.0 Å². The highest BCUT2D eigenvalue weighted by Gasteiger charge is 2.31. The summed E-state index contributed by atoms with van der Waals surface area (Å²) in [4.78, 5) is 18.6. The molecule has 1 atom stereocenters. The summed E-state index contributed by atoms with van der Waals surface area (Å²) in [5.74, 6) is -0.324. The first-order valence-electron chi connectivity index (χ1n) is 9.87. The van der Waals surface area contributed by atoms with Gasteiger partial charge < -0.3 is 0 Å². The average molecular weight is 420 g/mol. The summed E-state index contributed by atoms with van der Waals surface area (Å²) in [5.41, 5.74) is 1.42. The van der Waals surface area contributed by atoms with Crippen molar-refractivity contribution in [2.24, 2.45) is 0 Å². The number of fused-ring (bicyclic) bond motifs is 1. The first-order valence-corrected chi connectivity index (χ1v) is 12.1. The number of carbonyl (C=O) groups excluding carboxylic acids is 1. The van der Waals surface area contributed by atoms with E-state index < -0.39 is 10.0 Å². The van der Waals surface area contributed by atoms with Gasteiger partial charge in [0, 0.05) is 23.0 Å². The molecule has 1 saturated heterocycles. The smallest absolute Gasteiger partial charge is 0.257 e. The number of nitrogens with zero attached hydrogens (tertiary/aromatic N) is 2. The molecule has 1 fully saturated rings. The molecule has 0 bridgehead atoms. The number of piperidine rings is 1. The van der Waals surface area contributed by atoms with E-state index in [2.05, 4.69) is 10.3 Å². The van der Waals surface area contributed by atoms with Gasteiger partial charge in [-0.15, -0.1) is 11.3 Å². The van der Waals surface area contributed by atoms with Gasteiger partial charge in [0.1, 0.15) is 0 Å². The van der Waals surface area contributed by atoms with Gasteiger partial charge in [-0.3, -0.25) is 10.1 Å². The maximum atomic E-state index is 13.0. The minimum Gasteiger partial charge on any atom is -0.298 e. The predicted molar refractivity (Wildman–Crippen MR) is 110 cm³/mol. The van der Waals surface area contributed by atoms with Crippen molar-refractivity contribution in [3.05, 3.63) is 40.4 Å². The molecule has 1 aromatic carbocycles. The Labute approximate surface area is 170 Å². The van der Waals surface area contributed by atoms with Gasteiger partial charge in [0.05, 0.1) is 10.6 Å². The number of aryl methyl sites for hydroxylation is 2. The second kappa shape index (κ2) is 7.93. The lowest BCUT2D eigenvalue weighted by molar-refractivity contribution is 0.102. The summed E-state index contributed by atoms with van der Waals surface area (Å²) >= 11 is 1.52. The molecule has 0 saturated carbocycles. The van der Waals surface area contributed by atoms with Crippen molar-refractivity contribution >= 4 is 32.4 Å². The van der Waals surface area contributed by atoms with Gasteiger partial charge in [-0.05, 0) is 63.6 Å². The molecule has 2 aliphatic rings. The summed E-state index contributed by atoms with van der Waals surface area (Å²) in [6.45, 7) is 2.47. The van der Waals surface area contributed by atoms with E-state index in [0.717, 1.165) is 50.6 Å². The highest BCUT2D eigenvalue weighted by atomic mass is 32.2. The Hall–Kier alpha value is -1.77. The molecule has 4 rings (SSSR count). The van der Waals surface area contributed by atoms with E-state index in [1.54, 1.807) is 22.5 Å². The van der Waals surface area contributed by atoms with Crippen LogP contribution in [-0.2, 0) is 22.9 Å². The zero-order chi connectivity index (χ0) is 19.7. The molecule has 0 spiro atoms. The van der Waals surface area contributed by atoms with Crippen molar-refractivity contribution in [1.82, 2.24) is 9.29 Å². The van der Waals surface area contributed by atoms with Crippen molar-refractivity contribution in [3.8, 4) is 0 Å². The molecular weight excluding hydrogens is 394 g/mol. The van der Waals surface area contributed by atoms with Crippen LogP contribution in [0.5, 0.6) is 0 Å².